The molecule has 1 saturated heterocycles. The minimum absolute atomic E-state index is 0.238. The van der Waals surface area contributed by atoms with Crippen LogP contribution in [-0.4, -0.2) is 23.4 Å². The summed E-state index contributed by atoms with van der Waals surface area (Å²) in [5.41, 5.74) is 1.10. The van der Waals surface area contributed by atoms with Gasteiger partial charge in [0, 0.05) is 12.1 Å². The van der Waals surface area contributed by atoms with E-state index < -0.39 is 5.82 Å². The second-order valence-electron chi connectivity index (χ2n) is 4.60. The van der Waals surface area contributed by atoms with Crippen LogP contribution in [0.15, 0.2) is 18.2 Å². The van der Waals surface area contributed by atoms with Gasteiger partial charge in [0.1, 0.15) is 11.9 Å². The fourth-order valence-electron chi connectivity index (χ4n) is 2.29. The van der Waals surface area contributed by atoms with Crippen molar-refractivity contribution in [2.75, 3.05) is 6.54 Å². The predicted octanol–water partition coefficient (Wildman–Crippen LogP) is 2.65. The summed E-state index contributed by atoms with van der Waals surface area (Å²) in [4.78, 5) is 13.9. The molecule has 94 valence electrons. The van der Waals surface area contributed by atoms with Crippen molar-refractivity contribution in [2.24, 2.45) is 0 Å². The van der Waals surface area contributed by atoms with Gasteiger partial charge in [0.15, 0.2) is 0 Å². The van der Waals surface area contributed by atoms with Crippen molar-refractivity contribution in [1.82, 2.24) is 4.90 Å². The lowest BCUT2D eigenvalue weighted by Gasteiger charge is -2.31. The average molecular weight is 246 g/mol. The number of nitriles is 1. The summed E-state index contributed by atoms with van der Waals surface area (Å²) in [5, 5.41) is 9.06. The van der Waals surface area contributed by atoms with Gasteiger partial charge in [0.25, 0.3) is 5.91 Å². The number of likely N-dealkylation sites (tertiary alicyclic amines) is 1. The van der Waals surface area contributed by atoms with Crippen LogP contribution in [0.1, 0.15) is 35.2 Å². The maximum Gasteiger partial charge on any atom is 0.255 e. The highest BCUT2D eigenvalue weighted by molar-refractivity contribution is 5.96. The normalized spacial score (nSPS) is 19.4. The van der Waals surface area contributed by atoms with Crippen molar-refractivity contribution in [3.8, 4) is 6.07 Å². The highest BCUT2D eigenvalue weighted by Crippen LogP contribution is 2.21. The van der Waals surface area contributed by atoms with E-state index >= 15 is 0 Å². The monoisotopic (exact) mass is 246 g/mol. The predicted molar refractivity (Wildman–Crippen MR) is 65.4 cm³/mol. The molecule has 1 fully saturated rings. The zero-order valence-corrected chi connectivity index (χ0v) is 10.3. The van der Waals surface area contributed by atoms with E-state index in [0.29, 0.717) is 18.5 Å². The van der Waals surface area contributed by atoms with Crippen LogP contribution in [0.5, 0.6) is 0 Å². The smallest absolute Gasteiger partial charge is 0.255 e. The van der Waals surface area contributed by atoms with Crippen LogP contribution in [0.25, 0.3) is 0 Å². The number of benzene rings is 1. The van der Waals surface area contributed by atoms with Crippen molar-refractivity contribution >= 4 is 5.91 Å². The molecule has 3 nitrogen and oxygen atoms in total. The molecule has 1 atom stereocenters. The lowest BCUT2D eigenvalue weighted by atomic mass is 10.0. The Bertz CT molecular complexity index is 507. The number of nitrogens with zero attached hydrogens (tertiary/aromatic N) is 2. The molecule has 4 heteroatoms. The molecular weight excluding hydrogens is 231 g/mol. The van der Waals surface area contributed by atoms with E-state index in [-0.39, 0.29) is 11.9 Å². The van der Waals surface area contributed by atoms with Crippen molar-refractivity contribution in [3.05, 3.63) is 35.1 Å². The molecule has 0 spiro atoms. The number of carbonyl (C=O) groups excluding carboxylic acids is 1. The summed E-state index contributed by atoms with van der Waals surface area (Å²) in [5.74, 6) is -0.660. The quantitative estimate of drug-likeness (QED) is 0.764. The van der Waals surface area contributed by atoms with Gasteiger partial charge >= 0.3 is 0 Å². The highest BCUT2D eigenvalue weighted by atomic mass is 19.1. The van der Waals surface area contributed by atoms with Crippen LogP contribution in [0, 0.1) is 24.1 Å². The zero-order chi connectivity index (χ0) is 13.1. The number of aryl methyl sites for hydroxylation is 1. The first kappa shape index (κ1) is 12.6. The van der Waals surface area contributed by atoms with E-state index in [1.807, 2.05) is 0 Å². The number of carbonyl (C=O) groups is 1. The molecule has 1 aliphatic heterocycles. The summed E-state index contributed by atoms with van der Waals surface area (Å²) in [6.45, 7) is 2.35. The highest BCUT2D eigenvalue weighted by Gasteiger charge is 2.28. The van der Waals surface area contributed by atoms with Gasteiger partial charge in [-0.25, -0.2) is 4.39 Å². The largest absolute Gasteiger partial charge is 0.323 e. The Labute approximate surface area is 106 Å². The van der Waals surface area contributed by atoms with Crippen LogP contribution in [0.2, 0.25) is 0 Å². The van der Waals surface area contributed by atoms with Crippen molar-refractivity contribution in [1.29, 1.82) is 5.26 Å². The van der Waals surface area contributed by atoms with Gasteiger partial charge in [0.2, 0.25) is 0 Å². The molecule has 1 aromatic rings. The fourth-order valence-corrected chi connectivity index (χ4v) is 2.29. The number of rotatable bonds is 1. The molecule has 0 aromatic heterocycles. The van der Waals surface area contributed by atoms with E-state index in [1.165, 1.54) is 12.1 Å². The minimum atomic E-state index is -0.422. The first-order chi connectivity index (χ1) is 8.63. The summed E-state index contributed by atoms with van der Waals surface area (Å²) in [6, 6.07) is 5.95. The van der Waals surface area contributed by atoms with E-state index in [9.17, 15) is 9.18 Å². The summed E-state index contributed by atoms with van der Waals surface area (Å²) in [7, 11) is 0. The summed E-state index contributed by atoms with van der Waals surface area (Å²) in [6.07, 6.45) is 2.57. The van der Waals surface area contributed by atoms with Gasteiger partial charge in [-0.05, 0) is 43.9 Å². The van der Waals surface area contributed by atoms with Crippen molar-refractivity contribution < 1.29 is 9.18 Å². The molecule has 0 radical (unpaired) electrons. The van der Waals surface area contributed by atoms with Gasteiger partial charge in [0.05, 0.1) is 6.07 Å². The lowest BCUT2D eigenvalue weighted by Crippen LogP contribution is -2.43. The first-order valence-electron chi connectivity index (χ1n) is 6.10. The topological polar surface area (TPSA) is 44.1 Å². The fraction of sp³-hybridized carbons (Fsp3) is 0.429. The molecular formula is C14H15FN2O. The molecule has 1 heterocycles. The Morgan fingerprint density at radius 1 is 1.50 bits per heavy atom. The Kier molecular flexibility index (Phi) is 3.61. The third kappa shape index (κ3) is 2.35. The Morgan fingerprint density at radius 2 is 2.28 bits per heavy atom. The van der Waals surface area contributed by atoms with Crippen LogP contribution < -0.4 is 0 Å². The van der Waals surface area contributed by atoms with E-state index in [0.717, 1.165) is 18.4 Å². The van der Waals surface area contributed by atoms with Crippen LogP contribution >= 0.6 is 0 Å². The minimum Gasteiger partial charge on any atom is -0.323 e. The zero-order valence-electron chi connectivity index (χ0n) is 10.3. The molecule has 0 aliphatic carbocycles. The second-order valence-corrected chi connectivity index (χ2v) is 4.60. The number of hydrogen-bond donors (Lipinski definition) is 0. The van der Waals surface area contributed by atoms with Gasteiger partial charge in [-0.3, -0.25) is 4.79 Å². The molecule has 1 aromatic carbocycles. The molecule has 1 amide bonds. The van der Waals surface area contributed by atoms with Crippen LogP contribution in [0.4, 0.5) is 4.39 Å². The van der Waals surface area contributed by atoms with Gasteiger partial charge in [-0.1, -0.05) is 6.07 Å². The molecule has 0 N–H and O–H groups in total. The third-order valence-corrected chi connectivity index (χ3v) is 3.34. The maximum atomic E-state index is 13.2. The van der Waals surface area contributed by atoms with Crippen LogP contribution in [-0.2, 0) is 0 Å². The molecule has 0 bridgehead atoms. The number of piperidine rings is 1. The number of amides is 1. The first-order valence-corrected chi connectivity index (χ1v) is 6.10. The summed E-state index contributed by atoms with van der Waals surface area (Å²) >= 11 is 0. The molecule has 2 rings (SSSR count). The van der Waals surface area contributed by atoms with E-state index in [2.05, 4.69) is 6.07 Å². The van der Waals surface area contributed by atoms with Crippen LogP contribution in [0.3, 0.4) is 0 Å². The Hall–Kier alpha value is -1.89. The second kappa shape index (κ2) is 5.18. The third-order valence-electron chi connectivity index (χ3n) is 3.34. The maximum absolute atomic E-state index is 13.2. The molecule has 1 aliphatic rings. The van der Waals surface area contributed by atoms with Gasteiger partial charge < -0.3 is 4.90 Å². The molecule has 1 unspecified atom stereocenters. The SMILES string of the molecule is Cc1ccc(F)cc1C(=O)N1CCCCC1C#N. The number of halogens is 1. The van der Waals surface area contributed by atoms with Crippen molar-refractivity contribution in [3.63, 3.8) is 0 Å². The molecule has 0 saturated carbocycles. The number of hydrogen-bond acceptors (Lipinski definition) is 2. The Morgan fingerprint density at radius 3 is 3.00 bits per heavy atom. The Balaban J connectivity index is 2.30. The van der Waals surface area contributed by atoms with Gasteiger partial charge in [-0.15, -0.1) is 0 Å². The van der Waals surface area contributed by atoms with E-state index in [4.69, 9.17) is 5.26 Å². The summed E-state index contributed by atoms with van der Waals surface area (Å²) < 4.78 is 13.2. The van der Waals surface area contributed by atoms with Gasteiger partial charge in [-0.2, -0.15) is 5.26 Å². The lowest BCUT2D eigenvalue weighted by molar-refractivity contribution is 0.0669. The standard InChI is InChI=1S/C14H15FN2O/c1-10-5-6-11(15)8-13(10)14(18)17-7-3-2-4-12(17)9-16/h5-6,8,12H,2-4,7H2,1H3. The van der Waals surface area contributed by atoms with E-state index in [1.54, 1.807) is 17.9 Å². The molecule has 18 heavy (non-hydrogen) atoms. The van der Waals surface area contributed by atoms with Crippen molar-refractivity contribution in [2.45, 2.75) is 32.2 Å². The average Bonchev–Trinajstić information content (AvgIpc) is 2.40.